The number of hydrogen-bond acceptors (Lipinski definition) is 11. The first kappa shape index (κ1) is 71.0. The highest BCUT2D eigenvalue weighted by Crippen LogP contribution is 2.44. The summed E-state index contributed by atoms with van der Waals surface area (Å²) >= 11 is 0. The van der Waals surface area contributed by atoms with Crippen molar-refractivity contribution in [2.75, 3.05) is 26.4 Å². The number of rotatable bonds is 21. The Morgan fingerprint density at radius 3 is 0.952 bits per heavy atom. The van der Waals surface area contributed by atoms with Gasteiger partial charge in [-0.3, -0.25) is 9.59 Å². The molecular formula is C73H110O11. The SMILES string of the molecule is C=C(CCc1cc(C(C)(C)C)c(O)c(C(C)(C)C)c1)OCC(COC(=O)CCc1cc(C(C)(C)C)c(O)c(C(C)(C)C)c1)(COC(=O)Cc1cc(C(C)(C)C)c(O)c(C(C)(C)C)c1)COC(O)CCc1cc(C(C)(C)C)c(O)c(C(C)(C)C)c1. The number of allylic oxidation sites excluding steroid dienone is 1. The fraction of sp³-hybridized carbons (Fsp3) is 0.616. The highest BCUT2D eigenvalue weighted by atomic mass is 16.6. The third kappa shape index (κ3) is 19.5. The molecule has 0 saturated heterocycles. The monoisotopic (exact) mass is 1160 g/mol. The molecule has 4 rings (SSSR count). The lowest BCUT2D eigenvalue weighted by atomic mass is 9.78. The lowest BCUT2D eigenvalue weighted by molar-refractivity contribution is -0.176. The standard InChI is InChI=1S/C73H110O11/c1-45(26-27-46-32-50(65(2,3)4)61(77)51(33-46)66(5,6)7)81-41-73(44-84-60(76)40-49-38-56(71(20,21)22)64(80)57(39-49)72(23,24)25,42-82-58(74)30-28-47-34-52(67(8,9)10)62(78)53(35-47)68(11,12)13)43-83-59(75)31-29-48-36-54(69(14,15)16)63(79)55(37-48)70(17,18)19/h32-39,58,74,77-80H,1,26-31,40-44H2,2-25H3. The number of esters is 2. The Morgan fingerprint density at radius 2 is 0.643 bits per heavy atom. The van der Waals surface area contributed by atoms with Gasteiger partial charge in [0.25, 0.3) is 0 Å². The maximum absolute atomic E-state index is 14.3. The van der Waals surface area contributed by atoms with E-state index in [1.807, 2.05) is 132 Å². The van der Waals surface area contributed by atoms with Gasteiger partial charge in [0.1, 0.15) is 42.8 Å². The van der Waals surface area contributed by atoms with Crippen molar-refractivity contribution in [1.82, 2.24) is 0 Å². The number of benzene rings is 4. The van der Waals surface area contributed by atoms with E-state index in [-0.39, 0.29) is 95.4 Å². The second-order valence-corrected chi connectivity index (χ2v) is 32.3. The van der Waals surface area contributed by atoms with Crippen LogP contribution in [0.1, 0.15) is 252 Å². The molecule has 0 aliphatic heterocycles. The van der Waals surface area contributed by atoms with E-state index in [9.17, 15) is 35.1 Å². The minimum atomic E-state index is -1.39. The van der Waals surface area contributed by atoms with Gasteiger partial charge in [0.15, 0.2) is 6.29 Å². The van der Waals surface area contributed by atoms with E-state index in [1.54, 1.807) is 0 Å². The summed E-state index contributed by atoms with van der Waals surface area (Å²) in [5, 5.41) is 57.7. The van der Waals surface area contributed by atoms with Gasteiger partial charge in [-0.05, 0) is 129 Å². The summed E-state index contributed by atoms with van der Waals surface area (Å²) in [6.07, 6.45) is 0.389. The average molecular weight is 1160 g/mol. The van der Waals surface area contributed by atoms with Crippen molar-refractivity contribution >= 4 is 11.9 Å². The number of aliphatic hydroxyl groups excluding tert-OH is 1. The normalized spacial score (nSPS) is 14.2. The molecule has 4 aromatic carbocycles. The summed E-state index contributed by atoms with van der Waals surface area (Å²) < 4.78 is 25.4. The van der Waals surface area contributed by atoms with E-state index in [0.717, 1.165) is 50.1 Å². The minimum absolute atomic E-state index is 0.00257. The van der Waals surface area contributed by atoms with Crippen LogP contribution in [0.15, 0.2) is 60.9 Å². The summed E-state index contributed by atoms with van der Waals surface area (Å²) in [5.41, 5.74) is 5.36. The number of phenols is 4. The Labute approximate surface area is 507 Å². The second kappa shape index (κ2) is 26.2. The van der Waals surface area contributed by atoms with Gasteiger partial charge in [-0.1, -0.05) is 221 Å². The van der Waals surface area contributed by atoms with Crippen molar-refractivity contribution in [1.29, 1.82) is 0 Å². The third-order valence-corrected chi connectivity index (χ3v) is 15.7. The van der Waals surface area contributed by atoms with Gasteiger partial charge in [-0.2, -0.15) is 0 Å². The number of aliphatic hydroxyl groups is 1. The zero-order valence-electron chi connectivity index (χ0n) is 56.4. The second-order valence-electron chi connectivity index (χ2n) is 32.3. The van der Waals surface area contributed by atoms with Crippen LogP contribution < -0.4 is 0 Å². The topological polar surface area (TPSA) is 172 Å². The first-order valence-corrected chi connectivity index (χ1v) is 30.3. The highest BCUT2D eigenvalue weighted by Gasteiger charge is 2.38. The Morgan fingerprint density at radius 1 is 0.381 bits per heavy atom. The Bertz CT molecular complexity index is 2710. The molecule has 0 aliphatic rings. The van der Waals surface area contributed by atoms with Gasteiger partial charge in [0, 0.05) is 19.3 Å². The van der Waals surface area contributed by atoms with Crippen molar-refractivity contribution in [3.8, 4) is 23.0 Å². The van der Waals surface area contributed by atoms with Crippen LogP contribution >= 0.6 is 0 Å². The quantitative estimate of drug-likeness (QED) is 0.0305. The molecular weight excluding hydrogens is 1050 g/mol. The van der Waals surface area contributed by atoms with Gasteiger partial charge in [0.05, 0.1) is 24.2 Å². The Hall–Kier alpha value is -5.52. The maximum atomic E-state index is 14.3. The fourth-order valence-electron chi connectivity index (χ4n) is 10.4. The van der Waals surface area contributed by atoms with E-state index < -0.39 is 34.5 Å². The van der Waals surface area contributed by atoms with Crippen molar-refractivity contribution in [2.45, 2.75) is 261 Å². The van der Waals surface area contributed by atoms with E-state index in [1.165, 1.54) is 0 Å². The number of ether oxygens (including phenoxy) is 4. The molecule has 2 unspecified atom stereocenters. The lowest BCUT2D eigenvalue weighted by Gasteiger charge is -2.33. The molecule has 0 radical (unpaired) electrons. The van der Waals surface area contributed by atoms with E-state index in [4.69, 9.17) is 18.9 Å². The van der Waals surface area contributed by atoms with Crippen LogP contribution in [-0.4, -0.2) is 70.2 Å². The van der Waals surface area contributed by atoms with Crippen molar-refractivity contribution in [2.24, 2.45) is 5.41 Å². The molecule has 0 heterocycles. The Balaban J connectivity index is 1.79. The fourth-order valence-corrected chi connectivity index (χ4v) is 10.4. The average Bonchev–Trinajstić information content (AvgIpc) is 2.56. The number of phenolic OH excluding ortho intramolecular Hbond substituents is 4. The van der Waals surface area contributed by atoms with Crippen LogP contribution in [0.3, 0.4) is 0 Å². The molecule has 0 fully saturated rings. The zero-order chi connectivity index (χ0) is 64.3. The van der Waals surface area contributed by atoms with Crippen molar-refractivity contribution in [3.05, 3.63) is 128 Å². The summed E-state index contributed by atoms with van der Waals surface area (Å²) in [6.45, 7) is 52.4. The molecule has 2 atom stereocenters. The van der Waals surface area contributed by atoms with Crippen molar-refractivity contribution in [3.63, 3.8) is 0 Å². The number of aromatic hydroxyl groups is 4. The van der Waals surface area contributed by atoms with Crippen LogP contribution in [0.4, 0.5) is 0 Å². The van der Waals surface area contributed by atoms with E-state index in [2.05, 4.69) is 89.7 Å². The maximum Gasteiger partial charge on any atom is 0.310 e. The predicted octanol–water partition coefficient (Wildman–Crippen LogP) is 16.3. The molecule has 468 valence electrons. The number of carbonyl (C=O) groups is 2. The lowest BCUT2D eigenvalue weighted by Crippen LogP contribution is -2.44. The van der Waals surface area contributed by atoms with Crippen LogP contribution in [0.25, 0.3) is 0 Å². The number of carbonyl (C=O) groups excluding carboxylic acids is 2. The van der Waals surface area contributed by atoms with Gasteiger partial charge in [-0.25, -0.2) is 0 Å². The molecule has 0 aromatic heterocycles. The van der Waals surface area contributed by atoms with Crippen LogP contribution in [0.2, 0.25) is 0 Å². The highest BCUT2D eigenvalue weighted by molar-refractivity contribution is 5.73. The van der Waals surface area contributed by atoms with Gasteiger partial charge >= 0.3 is 11.9 Å². The smallest absolute Gasteiger partial charge is 0.310 e. The zero-order valence-corrected chi connectivity index (χ0v) is 56.4. The predicted molar refractivity (Wildman–Crippen MR) is 342 cm³/mol. The molecule has 4 aromatic rings. The molecule has 0 bridgehead atoms. The molecule has 0 spiro atoms. The molecule has 0 amide bonds. The first-order valence-electron chi connectivity index (χ1n) is 30.3. The van der Waals surface area contributed by atoms with Crippen molar-refractivity contribution < 1.29 is 54.1 Å². The van der Waals surface area contributed by atoms with Gasteiger partial charge in [-0.15, -0.1) is 0 Å². The van der Waals surface area contributed by atoms with E-state index in [0.29, 0.717) is 53.9 Å². The summed E-state index contributed by atoms with van der Waals surface area (Å²) in [6, 6.07) is 15.7. The molecule has 5 N–H and O–H groups in total. The van der Waals surface area contributed by atoms with E-state index >= 15 is 0 Å². The first-order chi connectivity index (χ1) is 37.9. The van der Waals surface area contributed by atoms with Crippen LogP contribution in [0.5, 0.6) is 23.0 Å². The number of aryl methyl sites for hydroxylation is 3. The van der Waals surface area contributed by atoms with Gasteiger partial charge in [0.2, 0.25) is 0 Å². The van der Waals surface area contributed by atoms with Gasteiger partial charge < -0.3 is 44.5 Å². The largest absolute Gasteiger partial charge is 0.507 e. The van der Waals surface area contributed by atoms with Crippen LogP contribution in [0, 0.1) is 5.41 Å². The molecule has 84 heavy (non-hydrogen) atoms. The minimum Gasteiger partial charge on any atom is -0.507 e. The molecule has 0 saturated carbocycles. The molecule has 11 nitrogen and oxygen atoms in total. The summed E-state index contributed by atoms with van der Waals surface area (Å²) in [4.78, 5) is 28.5. The van der Waals surface area contributed by atoms with Crippen LogP contribution in [-0.2, 0) is 97.5 Å². The number of hydrogen-bond donors (Lipinski definition) is 5. The summed E-state index contributed by atoms with van der Waals surface area (Å²) in [5.74, 6) is 0.329. The Kier molecular flexibility index (Phi) is 22.1. The molecule has 0 aliphatic carbocycles. The summed E-state index contributed by atoms with van der Waals surface area (Å²) in [7, 11) is 0. The molecule has 11 heteroatoms. The third-order valence-electron chi connectivity index (χ3n) is 15.7.